The lowest BCUT2D eigenvalue weighted by molar-refractivity contribution is 0.0947. The van der Waals surface area contributed by atoms with Crippen molar-refractivity contribution in [1.82, 2.24) is 5.32 Å². The minimum atomic E-state index is -0.182. The number of hydrogen-bond acceptors (Lipinski definition) is 3. The number of aliphatic hydroxyl groups is 1. The summed E-state index contributed by atoms with van der Waals surface area (Å²) in [5.74, 6) is -0.135. The molecule has 0 saturated heterocycles. The molecule has 1 amide bonds. The zero-order valence-electron chi connectivity index (χ0n) is 13.2. The lowest BCUT2D eigenvalue weighted by atomic mass is 9.96. The number of carbonyl (C=O) groups excluding carboxylic acids is 2. The van der Waals surface area contributed by atoms with E-state index in [4.69, 9.17) is 0 Å². The Hall–Kier alpha value is -2.46. The normalized spacial score (nSPS) is 11.7. The van der Waals surface area contributed by atoms with Crippen LogP contribution in [-0.2, 0) is 0 Å². The maximum atomic E-state index is 12.2. The van der Waals surface area contributed by atoms with Crippen LogP contribution in [0, 0.1) is 0 Å². The van der Waals surface area contributed by atoms with E-state index in [1.54, 1.807) is 24.3 Å². The minimum Gasteiger partial charge on any atom is -0.396 e. The maximum absolute atomic E-state index is 12.2. The summed E-state index contributed by atoms with van der Waals surface area (Å²) in [6.45, 7) is 2.02. The number of hydrogen-bond donors (Lipinski definition) is 2. The zero-order chi connectivity index (χ0) is 16.7. The molecule has 23 heavy (non-hydrogen) atoms. The summed E-state index contributed by atoms with van der Waals surface area (Å²) in [7, 11) is 0. The van der Waals surface area contributed by atoms with Gasteiger partial charge >= 0.3 is 0 Å². The average Bonchev–Trinajstić information content (AvgIpc) is 2.59. The van der Waals surface area contributed by atoms with Gasteiger partial charge in [0, 0.05) is 30.2 Å². The predicted octanol–water partition coefficient (Wildman–Crippen LogP) is 2.79. The first-order valence-electron chi connectivity index (χ1n) is 7.67. The van der Waals surface area contributed by atoms with Gasteiger partial charge < -0.3 is 10.4 Å². The Kier molecular flexibility index (Phi) is 6.06. The molecule has 0 radical (unpaired) electrons. The van der Waals surface area contributed by atoms with Crippen LogP contribution in [0.3, 0.4) is 0 Å². The largest absolute Gasteiger partial charge is 0.396 e. The fraction of sp³-hybridized carbons (Fsp3) is 0.263. The molecule has 0 bridgehead atoms. The molecule has 2 rings (SSSR count). The topological polar surface area (TPSA) is 66.4 Å². The Morgan fingerprint density at radius 2 is 1.61 bits per heavy atom. The molecule has 120 valence electrons. The molecule has 0 aliphatic carbocycles. The lowest BCUT2D eigenvalue weighted by Crippen LogP contribution is -2.28. The number of rotatable bonds is 7. The van der Waals surface area contributed by atoms with Crippen molar-refractivity contribution in [3.8, 4) is 0 Å². The summed E-state index contributed by atoms with van der Waals surface area (Å²) in [5, 5.41) is 12.1. The number of carbonyl (C=O) groups is 2. The summed E-state index contributed by atoms with van der Waals surface area (Å²) in [6.07, 6.45) is 0.591. The van der Waals surface area contributed by atoms with Crippen molar-refractivity contribution in [2.75, 3.05) is 13.2 Å². The zero-order valence-corrected chi connectivity index (χ0v) is 13.2. The van der Waals surface area contributed by atoms with Crippen LogP contribution in [0.2, 0.25) is 0 Å². The molecule has 4 heteroatoms. The number of amides is 1. The highest BCUT2D eigenvalue weighted by atomic mass is 16.3. The van der Waals surface area contributed by atoms with Gasteiger partial charge in [0.25, 0.3) is 5.91 Å². The van der Waals surface area contributed by atoms with Crippen molar-refractivity contribution in [3.63, 3.8) is 0 Å². The molecule has 0 aliphatic heterocycles. The van der Waals surface area contributed by atoms with Crippen LogP contribution in [0.25, 0.3) is 0 Å². The second-order valence-corrected chi connectivity index (χ2v) is 5.46. The molecule has 1 unspecified atom stereocenters. The van der Waals surface area contributed by atoms with Crippen LogP contribution in [0.4, 0.5) is 0 Å². The van der Waals surface area contributed by atoms with Gasteiger partial charge in [0.05, 0.1) is 0 Å². The average molecular weight is 311 g/mol. The number of Topliss-reactive ketones (excluding diaryl/α,β-unsaturated/α-hetero) is 1. The van der Waals surface area contributed by atoms with Crippen molar-refractivity contribution in [3.05, 3.63) is 71.3 Å². The van der Waals surface area contributed by atoms with E-state index < -0.39 is 0 Å². The molecule has 1 atom stereocenters. The van der Waals surface area contributed by atoms with Crippen molar-refractivity contribution in [2.45, 2.75) is 19.3 Å². The van der Waals surface area contributed by atoms with Gasteiger partial charge in [0.2, 0.25) is 0 Å². The molecule has 0 saturated carbocycles. The Bertz CT molecular complexity index is 650. The number of aliphatic hydroxyl groups excluding tert-OH is 1. The van der Waals surface area contributed by atoms with E-state index in [0.29, 0.717) is 24.1 Å². The Balaban J connectivity index is 2.00. The third-order valence-corrected chi connectivity index (χ3v) is 3.81. The van der Waals surface area contributed by atoms with Crippen molar-refractivity contribution in [1.29, 1.82) is 0 Å². The third-order valence-electron chi connectivity index (χ3n) is 3.81. The molecule has 2 N–H and O–H groups in total. The molecule has 2 aromatic carbocycles. The first-order valence-corrected chi connectivity index (χ1v) is 7.67. The van der Waals surface area contributed by atoms with Crippen LogP contribution in [0.15, 0.2) is 54.6 Å². The van der Waals surface area contributed by atoms with Crippen molar-refractivity contribution >= 4 is 11.7 Å². The van der Waals surface area contributed by atoms with E-state index in [9.17, 15) is 14.7 Å². The van der Waals surface area contributed by atoms with E-state index >= 15 is 0 Å². The molecular formula is C19H21NO3. The second kappa shape index (κ2) is 8.25. The predicted molar refractivity (Wildman–Crippen MR) is 89.7 cm³/mol. The third kappa shape index (κ3) is 4.76. The molecule has 0 spiro atoms. The van der Waals surface area contributed by atoms with Gasteiger partial charge in [-0.1, -0.05) is 42.5 Å². The Morgan fingerprint density at radius 1 is 1.00 bits per heavy atom. The first kappa shape index (κ1) is 16.9. The molecule has 0 fully saturated rings. The van der Waals surface area contributed by atoms with Gasteiger partial charge in [-0.05, 0) is 31.0 Å². The fourth-order valence-electron chi connectivity index (χ4n) is 2.44. The van der Waals surface area contributed by atoms with Gasteiger partial charge in [0.15, 0.2) is 5.78 Å². The summed E-state index contributed by atoms with van der Waals surface area (Å²) >= 11 is 0. The van der Waals surface area contributed by atoms with E-state index in [0.717, 1.165) is 5.56 Å². The summed E-state index contributed by atoms with van der Waals surface area (Å²) < 4.78 is 0. The van der Waals surface area contributed by atoms with Crippen molar-refractivity contribution in [2.24, 2.45) is 0 Å². The van der Waals surface area contributed by atoms with E-state index in [-0.39, 0.29) is 24.2 Å². The smallest absolute Gasteiger partial charge is 0.251 e. The number of nitrogens with one attached hydrogen (secondary N) is 1. The van der Waals surface area contributed by atoms with Gasteiger partial charge in [0.1, 0.15) is 0 Å². The Morgan fingerprint density at radius 3 is 2.17 bits per heavy atom. The van der Waals surface area contributed by atoms with Crippen LogP contribution < -0.4 is 5.32 Å². The second-order valence-electron chi connectivity index (χ2n) is 5.46. The van der Waals surface area contributed by atoms with Crippen LogP contribution in [0.5, 0.6) is 0 Å². The van der Waals surface area contributed by atoms with Crippen LogP contribution in [-0.4, -0.2) is 29.9 Å². The van der Waals surface area contributed by atoms with Crippen LogP contribution >= 0.6 is 0 Å². The first-order chi connectivity index (χ1) is 11.1. The quantitative estimate of drug-likeness (QED) is 0.773. The molecular weight excluding hydrogens is 290 g/mol. The monoisotopic (exact) mass is 311 g/mol. The molecule has 4 nitrogen and oxygen atoms in total. The molecule has 0 aromatic heterocycles. The molecule has 0 heterocycles. The fourth-order valence-corrected chi connectivity index (χ4v) is 2.44. The number of ketones is 1. The standard InChI is InChI=1S/C19H21NO3/c1-14(22)15-7-9-17(10-8-15)19(23)20-13-18(11-12-21)16-5-3-2-4-6-16/h2-10,18,21H,11-13H2,1H3,(H,20,23). The minimum absolute atomic E-state index is 0.0240. The van der Waals surface area contributed by atoms with E-state index in [1.807, 2.05) is 30.3 Å². The van der Waals surface area contributed by atoms with Gasteiger partial charge in [-0.25, -0.2) is 0 Å². The summed E-state index contributed by atoms with van der Waals surface area (Å²) in [6, 6.07) is 16.4. The van der Waals surface area contributed by atoms with E-state index in [2.05, 4.69) is 5.32 Å². The van der Waals surface area contributed by atoms with Gasteiger partial charge in [-0.3, -0.25) is 9.59 Å². The summed E-state index contributed by atoms with van der Waals surface area (Å²) in [5.41, 5.74) is 2.20. The van der Waals surface area contributed by atoms with Gasteiger partial charge in [-0.2, -0.15) is 0 Å². The lowest BCUT2D eigenvalue weighted by Gasteiger charge is -2.17. The Labute approximate surface area is 136 Å². The summed E-state index contributed by atoms with van der Waals surface area (Å²) in [4.78, 5) is 23.5. The van der Waals surface area contributed by atoms with E-state index in [1.165, 1.54) is 6.92 Å². The van der Waals surface area contributed by atoms with Crippen molar-refractivity contribution < 1.29 is 14.7 Å². The highest BCUT2D eigenvalue weighted by molar-refractivity contribution is 5.97. The number of benzene rings is 2. The SMILES string of the molecule is CC(=O)c1ccc(C(=O)NCC(CCO)c2ccccc2)cc1. The maximum Gasteiger partial charge on any atom is 0.251 e. The molecule has 0 aliphatic rings. The van der Waals surface area contributed by atoms with Gasteiger partial charge in [-0.15, -0.1) is 0 Å². The highest BCUT2D eigenvalue weighted by Crippen LogP contribution is 2.18. The van der Waals surface area contributed by atoms with Crippen LogP contribution in [0.1, 0.15) is 45.5 Å². The molecule has 2 aromatic rings. The highest BCUT2D eigenvalue weighted by Gasteiger charge is 2.13.